The van der Waals surface area contributed by atoms with Crippen molar-refractivity contribution in [3.05, 3.63) is 84.4 Å². The lowest BCUT2D eigenvalue weighted by atomic mass is 10.1. The van der Waals surface area contributed by atoms with Crippen molar-refractivity contribution >= 4 is 11.6 Å². The van der Waals surface area contributed by atoms with E-state index in [9.17, 15) is 4.79 Å². The highest BCUT2D eigenvalue weighted by Crippen LogP contribution is 2.26. The molecule has 0 spiro atoms. The zero-order chi connectivity index (χ0) is 19.3. The minimum Gasteiger partial charge on any atom is -0.495 e. The second-order valence-corrected chi connectivity index (χ2v) is 6.01. The molecule has 0 aliphatic carbocycles. The quantitative estimate of drug-likeness (QED) is 0.552. The van der Waals surface area contributed by atoms with Crippen LogP contribution < -0.4 is 10.1 Å². The van der Waals surface area contributed by atoms with Gasteiger partial charge in [0.15, 0.2) is 0 Å². The SMILES string of the molecule is COc1ccccc1NC(=O)c1ccc(-c2nnc(-c3ccccc3)o2)cc1. The number of para-hydroxylation sites is 2. The summed E-state index contributed by atoms with van der Waals surface area (Å²) in [6.45, 7) is 0. The van der Waals surface area contributed by atoms with Crippen LogP contribution in [0.5, 0.6) is 5.75 Å². The highest BCUT2D eigenvalue weighted by atomic mass is 16.5. The van der Waals surface area contributed by atoms with Crippen LogP contribution in [-0.2, 0) is 0 Å². The summed E-state index contributed by atoms with van der Waals surface area (Å²) in [5, 5.41) is 11.0. The van der Waals surface area contributed by atoms with Gasteiger partial charge in [0.05, 0.1) is 12.8 Å². The molecule has 6 nitrogen and oxygen atoms in total. The monoisotopic (exact) mass is 371 g/mol. The van der Waals surface area contributed by atoms with Crippen LogP contribution in [0.25, 0.3) is 22.9 Å². The molecule has 0 radical (unpaired) electrons. The molecule has 4 rings (SSSR count). The Kier molecular flexibility index (Phi) is 4.84. The Bertz CT molecular complexity index is 1090. The van der Waals surface area contributed by atoms with Crippen LogP contribution in [0.1, 0.15) is 10.4 Å². The highest BCUT2D eigenvalue weighted by molar-refractivity contribution is 6.05. The first-order valence-corrected chi connectivity index (χ1v) is 8.68. The van der Waals surface area contributed by atoms with E-state index < -0.39 is 0 Å². The van der Waals surface area contributed by atoms with Crippen molar-refractivity contribution in [2.45, 2.75) is 0 Å². The number of methoxy groups -OCH3 is 1. The van der Waals surface area contributed by atoms with Gasteiger partial charge in [-0.25, -0.2) is 0 Å². The second kappa shape index (κ2) is 7.75. The van der Waals surface area contributed by atoms with E-state index >= 15 is 0 Å². The lowest BCUT2D eigenvalue weighted by Gasteiger charge is -2.09. The van der Waals surface area contributed by atoms with E-state index in [-0.39, 0.29) is 5.91 Å². The Morgan fingerprint density at radius 1 is 0.821 bits per heavy atom. The third-order valence-corrected chi connectivity index (χ3v) is 4.19. The topological polar surface area (TPSA) is 77.2 Å². The number of nitrogens with one attached hydrogen (secondary N) is 1. The summed E-state index contributed by atoms with van der Waals surface area (Å²) in [5.74, 6) is 1.22. The molecule has 138 valence electrons. The lowest BCUT2D eigenvalue weighted by Crippen LogP contribution is -2.12. The number of rotatable bonds is 5. The average Bonchev–Trinajstić information content (AvgIpc) is 3.25. The standard InChI is InChI=1S/C22H17N3O3/c1-27-19-10-6-5-9-18(19)23-20(26)15-11-13-17(14-12-15)22-25-24-21(28-22)16-7-3-2-4-8-16/h2-14H,1H3,(H,23,26). The molecule has 0 aliphatic heterocycles. The van der Waals surface area contributed by atoms with Crippen molar-refractivity contribution in [3.63, 3.8) is 0 Å². The first kappa shape index (κ1) is 17.5. The van der Waals surface area contributed by atoms with Gasteiger partial charge in [-0.1, -0.05) is 30.3 Å². The molecule has 3 aromatic carbocycles. The van der Waals surface area contributed by atoms with Crippen molar-refractivity contribution < 1.29 is 13.9 Å². The van der Waals surface area contributed by atoms with E-state index in [0.717, 1.165) is 11.1 Å². The molecule has 0 aliphatic rings. The summed E-state index contributed by atoms with van der Waals surface area (Å²) in [6, 6.07) is 23.8. The molecule has 0 unspecified atom stereocenters. The van der Waals surface area contributed by atoms with E-state index in [1.807, 2.05) is 42.5 Å². The number of anilines is 1. The Morgan fingerprint density at radius 3 is 2.11 bits per heavy atom. The molecule has 0 saturated heterocycles. The van der Waals surface area contributed by atoms with Gasteiger partial charge in [-0.05, 0) is 48.5 Å². The number of carbonyl (C=O) groups is 1. The molecule has 28 heavy (non-hydrogen) atoms. The molecule has 1 heterocycles. The second-order valence-electron chi connectivity index (χ2n) is 6.01. The molecular weight excluding hydrogens is 354 g/mol. The van der Waals surface area contributed by atoms with Crippen LogP contribution in [0.2, 0.25) is 0 Å². The Labute approximate surface area is 161 Å². The van der Waals surface area contributed by atoms with Crippen LogP contribution in [-0.4, -0.2) is 23.2 Å². The maximum absolute atomic E-state index is 12.5. The molecule has 0 bridgehead atoms. The predicted molar refractivity (Wildman–Crippen MR) is 106 cm³/mol. The Balaban J connectivity index is 1.51. The van der Waals surface area contributed by atoms with Crippen molar-refractivity contribution in [3.8, 4) is 28.7 Å². The maximum Gasteiger partial charge on any atom is 0.255 e. The summed E-state index contributed by atoms with van der Waals surface area (Å²) in [6.07, 6.45) is 0. The summed E-state index contributed by atoms with van der Waals surface area (Å²) < 4.78 is 11.0. The summed E-state index contributed by atoms with van der Waals surface area (Å²) in [4.78, 5) is 12.5. The fourth-order valence-corrected chi connectivity index (χ4v) is 2.74. The van der Waals surface area contributed by atoms with Crippen LogP contribution in [0.4, 0.5) is 5.69 Å². The van der Waals surface area contributed by atoms with Crippen LogP contribution in [0, 0.1) is 0 Å². The number of carbonyl (C=O) groups excluding carboxylic acids is 1. The zero-order valence-corrected chi connectivity index (χ0v) is 15.1. The molecule has 0 atom stereocenters. The fourth-order valence-electron chi connectivity index (χ4n) is 2.74. The van der Waals surface area contributed by atoms with E-state index in [2.05, 4.69) is 15.5 Å². The van der Waals surface area contributed by atoms with Gasteiger partial charge in [-0.15, -0.1) is 10.2 Å². The number of hydrogen-bond donors (Lipinski definition) is 1. The summed E-state index contributed by atoms with van der Waals surface area (Å²) in [5.41, 5.74) is 2.72. The first-order valence-electron chi connectivity index (χ1n) is 8.68. The third kappa shape index (κ3) is 3.61. The number of benzene rings is 3. The van der Waals surface area contributed by atoms with Crippen molar-refractivity contribution in [1.29, 1.82) is 0 Å². The number of ether oxygens (including phenoxy) is 1. The van der Waals surface area contributed by atoms with Crippen LogP contribution in [0.15, 0.2) is 83.3 Å². The van der Waals surface area contributed by atoms with Gasteiger partial charge in [-0.3, -0.25) is 4.79 Å². The van der Waals surface area contributed by atoms with Gasteiger partial charge >= 0.3 is 0 Å². The number of aromatic nitrogens is 2. The Hall–Kier alpha value is -3.93. The maximum atomic E-state index is 12.5. The normalized spacial score (nSPS) is 10.5. The van der Waals surface area contributed by atoms with Gasteiger partial charge < -0.3 is 14.5 Å². The number of hydrogen-bond acceptors (Lipinski definition) is 5. The van der Waals surface area contributed by atoms with E-state index in [0.29, 0.717) is 28.8 Å². The molecule has 0 fully saturated rings. The molecule has 4 aromatic rings. The third-order valence-electron chi connectivity index (χ3n) is 4.19. The summed E-state index contributed by atoms with van der Waals surface area (Å²) >= 11 is 0. The first-order chi connectivity index (χ1) is 13.7. The van der Waals surface area contributed by atoms with Gasteiger partial charge in [0.2, 0.25) is 11.8 Å². The predicted octanol–water partition coefficient (Wildman–Crippen LogP) is 4.66. The molecule has 0 saturated carbocycles. The Morgan fingerprint density at radius 2 is 1.43 bits per heavy atom. The van der Waals surface area contributed by atoms with Crippen LogP contribution >= 0.6 is 0 Å². The molecular formula is C22H17N3O3. The fraction of sp³-hybridized carbons (Fsp3) is 0.0455. The lowest BCUT2D eigenvalue weighted by molar-refractivity contribution is 0.102. The minimum atomic E-state index is -0.230. The van der Waals surface area contributed by atoms with Crippen molar-refractivity contribution in [2.75, 3.05) is 12.4 Å². The molecule has 1 amide bonds. The van der Waals surface area contributed by atoms with Crippen molar-refractivity contribution in [2.24, 2.45) is 0 Å². The van der Waals surface area contributed by atoms with Crippen LogP contribution in [0.3, 0.4) is 0 Å². The highest BCUT2D eigenvalue weighted by Gasteiger charge is 2.13. The van der Waals surface area contributed by atoms with E-state index in [1.165, 1.54) is 0 Å². The number of amides is 1. The molecule has 6 heteroatoms. The average molecular weight is 371 g/mol. The molecule has 1 aromatic heterocycles. The smallest absolute Gasteiger partial charge is 0.255 e. The largest absolute Gasteiger partial charge is 0.495 e. The summed E-state index contributed by atoms with van der Waals surface area (Å²) in [7, 11) is 1.56. The van der Waals surface area contributed by atoms with Gasteiger partial charge in [0, 0.05) is 16.7 Å². The van der Waals surface area contributed by atoms with Crippen molar-refractivity contribution in [1.82, 2.24) is 10.2 Å². The van der Waals surface area contributed by atoms with Gasteiger partial charge in [0.25, 0.3) is 5.91 Å². The van der Waals surface area contributed by atoms with E-state index in [1.54, 1.807) is 43.5 Å². The minimum absolute atomic E-state index is 0.230. The zero-order valence-electron chi connectivity index (χ0n) is 15.1. The molecule has 1 N–H and O–H groups in total. The van der Waals surface area contributed by atoms with E-state index in [4.69, 9.17) is 9.15 Å². The van der Waals surface area contributed by atoms with Gasteiger partial charge in [-0.2, -0.15) is 0 Å². The number of nitrogens with zero attached hydrogens (tertiary/aromatic N) is 2. The van der Waals surface area contributed by atoms with Gasteiger partial charge in [0.1, 0.15) is 5.75 Å².